The predicted octanol–water partition coefficient (Wildman–Crippen LogP) is 5.74. The van der Waals surface area contributed by atoms with Crippen LogP contribution in [0.25, 0.3) is 10.9 Å². The average Bonchev–Trinajstić information content (AvgIpc) is 3.14. The fourth-order valence-electron chi connectivity index (χ4n) is 3.40. The molecule has 0 saturated heterocycles. The second-order valence-corrected chi connectivity index (χ2v) is 9.57. The summed E-state index contributed by atoms with van der Waals surface area (Å²) >= 11 is 6.79. The summed E-state index contributed by atoms with van der Waals surface area (Å²) in [6.07, 6.45) is 0. The summed E-state index contributed by atoms with van der Waals surface area (Å²) in [7, 11) is 0. The van der Waals surface area contributed by atoms with Gasteiger partial charge in [-0.05, 0) is 74.0 Å². The number of carbonyl (C=O) groups excluding carboxylic acids is 3. The first-order valence-corrected chi connectivity index (χ1v) is 11.9. The van der Waals surface area contributed by atoms with E-state index in [1.807, 2.05) is 38.1 Å². The van der Waals surface area contributed by atoms with E-state index in [0.29, 0.717) is 22.3 Å². The Morgan fingerprint density at radius 3 is 2.15 bits per heavy atom. The molecule has 34 heavy (non-hydrogen) atoms. The molecule has 3 aromatic carbocycles. The third-order valence-corrected chi connectivity index (χ3v) is 6.15. The second-order valence-electron chi connectivity index (χ2n) is 7.74. The number of benzene rings is 3. The lowest BCUT2D eigenvalue weighted by atomic mass is 10.2. The molecule has 3 amide bonds. The molecule has 0 spiro atoms. The molecule has 0 saturated carbocycles. The number of aryl methyl sites for hydroxylation is 2. The third kappa shape index (κ3) is 5.21. The van der Waals surface area contributed by atoms with Gasteiger partial charge in [0.1, 0.15) is 5.69 Å². The Morgan fingerprint density at radius 1 is 0.765 bits per heavy atom. The van der Waals surface area contributed by atoms with E-state index in [1.165, 1.54) is 4.68 Å². The van der Waals surface area contributed by atoms with Crippen molar-refractivity contribution in [3.05, 3.63) is 92.5 Å². The highest BCUT2D eigenvalue weighted by Crippen LogP contribution is 2.24. The van der Waals surface area contributed by atoms with E-state index in [4.69, 9.17) is 0 Å². The van der Waals surface area contributed by atoms with Gasteiger partial charge in [-0.3, -0.25) is 19.8 Å². The number of hydrogen-bond acceptors (Lipinski definition) is 3. The van der Waals surface area contributed by atoms with Gasteiger partial charge >= 0.3 is 11.8 Å². The highest BCUT2D eigenvalue weighted by molar-refractivity contribution is 9.10. The number of anilines is 2. The molecule has 7 nitrogen and oxygen atoms in total. The standard InChI is InChI=1S/C25H20Br2N4O3/c1-14-3-7-19(8-4-14)28-23(32)22-13-16-12-18(27)6-10-21(16)31(22)30-25(34)24(33)29-20-9-5-17(26)11-15(20)2/h3-13H,1-2H3,(H,28,32)(H,29,33)(H,30,34). The van der Waals surface area contributed by atoms with Crippen molar-refractivity contribution in [3.8, 4) is 0 Å². The summed E-state index contributed by atoms with van der Waals surface area (Å²) < 4.78 is 3.00. The molecule has 1 heterocycles. The van der Waals surface area contributed by atoms with Crippen molar-refractivity contribution in [1.29, 1.82) is 0 Å². The topological polar surface area (TPSA) is 92.2 Å². The van der Waals surface area contributed by atoms with Crippen LogP contribution in [0.4, 0.5) is 11.4 Å². The maximum absolute atomic E-state index is 13.1. The van der Waals surface area contributed by atoms with Crippen LogP contribution in [0.2, 0.25) is 0 Å². The van der Waals surface area contributed by atoms with Crippen LogP contribution >= 0.6 is 31.9 Å². The van der Waals surface area contributed by atoms with Gasteiger partial charge in [0.25, 0.3) is 5.91 Å². The molecule has 172 valence electrons. The Balaban J connectivity index is 1.62. The zero-order valence-electron chi connectivity index (χ0n) is 18.3. The number of halogens is 2. The van der Waals surface area contributed by atoms with Crippen molar-refractivity contribution in [2.75, 3.05) is 16.1 Å². The average molecular weight is 584 g/mol. The predicted molar refractivity (Wildman–Crippen MR) is 141 cm³/mol. The Bertz CT molecular complexity index is 1430. The highest BCUT2D eigenvalue weighted by Gasteiger charge is 2.21. The van der Waals surface area contributed by atoms with Crippen molar-refractivity contribution < 1.29 is 14.4 Å². The van der Waals surface area contributed by atoms with Crippen LogP contribution in [0.15, 0.2) is 75.7 Å². The first-order chi connectivity index (χ1) is 16.2. The van der Waals surface area contributed by atoms with Gasteiger partial charge in [-0.25, -0.2) is 4.68 Å². The summed E-state index contributed by atoms with van der Waals surface area (Å²) in [6.45, 7) is 3.78. The first-order valence-electron chi connectivity index (χ1n) is 10.3. The minimum Gasteiger partial charge on any atom is -0.321 e. The van der Waals surface area contributed by atoms with Gasteiger partial charge in [0.05, 0.1) is 5.52 Å². The van der Waals surface area contributed by atoms with Crippen molar-refractivity contribution in [3.63, 3.8) is 0 Å². The van der Waals surface area contributed by atoms with Gasteiger partial charge in [0, 0.05) is 25.7 Å². The van der Waals surface area contributed by atoms with Crippen LogP contribution in [-0.2, 0) is 9.59 Å². The number of amides is 3. The molecule has 0 atom stereocenters. The van der Waals surface area contributed by atoms with Gasteiger partial charge in [-0.2, -0.15) is 0 Å². The Morgan fingerprint density at radius 2 is 1.44 bits per heavy atom. The van der Waals surface area contributed by atoms with Gasteiger partial charge in [0.15, 0.2) is 0 Å². The van der Waals surface area contributed by atoms with Gasteiger partial charge < -0.3 is 10.6 Å². The minimum absolute atomic E-state index is 0.176. The summed E-state index contributed by atoms with van der Waals surface area (Å²) in [5.41, 5.74) is 6.30. The molecule has 0 aliphatic rings. The molecular weight excluding hydrogens is 564 g/mol. The lowest BCUT2D eigenvalue weighted by molar-refractivity contribution is -0.133. The monoisotopic (exact) mass is 582 g/mol. The molecule has 0 aliphatic heterocycles. The van der Waals surface area contributed by atoms with E-state index < -0.39 is 17.7 Å². The molecule has 0 fully saturated rings. The molecule has 3 N–H and O–H groups in total. The molecule has 9 heteroatoms. The van der Waals surface area contributed by atoms with E-state index in [0.717, 1.165) is 20.1 Å². The lowest BCUT2D eigenvalue weighted by Crippen LogP contribution is -2.36. The number of nitrogens with zero attached hydrogens (tertiary/aromatic N) is 1. The van der Waals surface area contributed by atoms with Crippen molar-refractivity contribution >= 4 is 71.9 Å². The number of rotatable bonds is 4. The Kier molecular flexibility index (Phi) is 6.85. The van der Waals surface area contributed by atoms with E-state index >= 15 is 0 Å². The van der Waals surface area contributed by atoms with Crippen molar-refractivity contribution in [2.24, 2.45) is 0 Å². The van der Waals surface area contributed by atoms with Crippen LogP contribution in [0.1, 0.15) is 21.6 Å². The lowest BCUT2D eigenvalue weighted by Gasteiger charge is -2.13. The SMILES string of the molecule is Cc1ccc(NC(=O)c2cc3cc(Br)ccc3n2NC(=O)C(=O)Nc2ccc(Br)cc2C)cc1. The summed E-state index contributed by atoms with van der Waals surface area (Å²) in [5, 5.41) is 6.15. The van der Waals surface area contributed by atoms with Gasteiger partial charge in [0.2, 0.25) is 0 Å². The summed E-state index contributed by atoms with van der Waals surface area (Å²) in [6, 6.07) is 19.7. The summed E-state index contributed by atoms with van der Waals surface area (Å²) in [4.78, 5) is 38.5. The minimum atomic E-state index is -0.910. The fraction of sp³-hybridized carbons (Fsp3) is 0.0800. The molecule has 0 bridgehead atoms. The zero-order chi connectivity index (χ0) is 24.4. The number of hydrogen-bond donors (Lipinski definition) is 3. The van der Waals surface area contributed by atoms with Crippen molar-refractivity contribution in [1.82, 2.24) is 4.68 Å². The quantitative estimate of drug-likeness (QED) is 0.267. The molecular formula is C25H20Br2N4O3. The fourth-order valence-corrected chi connectivity index (χ4v) is 4.26. The van der Waals surface area contributed by atoms with E-state index in [-0.39, 0.29) is 5.69 Å². The number of fused-ring (bicyclic) bond motifs is 1. The van der Waals surface area contributed by atoms with E-state index in [9.17, 15) is 14.4 Å². The third-order valence-electron chi connectivity index (χ3n) is 5.16. The Hall–Kier alpha value is -3.43. The molecule has 4 aromatic rings. The summed E-state index contributed by atoms with van der Waals surface area (Å²) in [5.74, 6) is -2.19. The highest BCUT2D eigenvalue weighted by atomic mass is 79.9. The van der Waals surface area contributed by atoms with Gasteiger partial charge in [-0.1, -0.05) is 49.6 Å². The first kappa shape index (κ1) is 23.7. The van der Waals surface area contributed by atoms with Crippen LogP contribution < -0.4 is 16.1 Å². The van der Waals surface area contributed by atoms with Crippen LogP contribution in [0.5, 0.6) is 0 Å². The normalized spacial score (nSPS) is 10.7. The number of nitrogens with one attached hydrogen (secondary N) is 3. The maximum Gasteiger partial charge on any atom is 0.328 e. The van der Waals surface area contributed by atoms with Gasteiger partial charge in [-0.15, -0.1) is 0 Å². The maximum atomic E-state index is 13.1. The van der Waals surface area contributed by atoms with Crippen molar-refractivity contribution in [2.45, 2.75) is 13.8 Å². The second kappa shape index (κ2) is 9.82. The zero-order valence-corrected chi connectivity index (χ0v) is 21.5. The number of carbonyl (C=O) groups is 3. The van der Waals surface area contributed by atoms with Crippen LogP contribution in [0, 0.1) is 13.8 Å². The van der Waals surface area contributed by atoms with E-state index in [2.05, 4.69) is 47.9 Å². The molecule has 1 aromatic heterocycles. The molecule has 0 unspecified atom stereocenters. The van der Waals surface area contributed by atoms with Crippen LogP contribution in [0.3, 0.4) is 0 Å². The number of aromatic nitrogens is 1. The smallest absolute Gasteiger partial charge is 0.321 e. The Labute approximate surface area is 212 Å². The van der Waals surface area contributed by atoms with E-state index in [1.54, 1.807) is 42.5 Å². The van der Waals surface area contributed by atoms with Crippen LogP contribution in [-0.4, -0.2) is 22.4 Å². The molecule has 0 aliphatic carbocycles. The molecule has 0 radical (unpaired) electrons. The largest absolute Gasteiger partial charge is 0.328 e. The molecule has 4 rings (SSSR count).